The molecule has 2 aliphatic rings. The van der Waals surface area contributed by atoms with E-state index < -0.39 is 35.8 Å². The number of hydrogen-bond acceptors (Lipinski definition) is 9. The van der Waals surface area contributed by atoms with Crippen molar-refractivity contribution in [3.8, 4) is 0 Å². The van der Waals surface area contributed by atoms with Crippen LogP contribution in [0.15, 0.2) is 22.1 Å². The Kier molecular flexibility index (Phi) is 7.21. The number of carboxylic acid groups (broad SMARTS) is 1. The van der Waals surface area contributed by atoms with Crippen LogP contribution in [0.2, 0.25) is 0 Å². The van der Waals surface area contributed by atoms with Crippen molar-refractivity contribution in [2.24, 2.45) is 17.6 Å². The van der Waals surface area contributed by atoms with Crippen LogP contribution in [0.1, 0.15) is 18.7 Å². The topological polar surface area (TPSA) is 141 Å². The van der Waals surface area contributed by atoms with Crippen molar-refractivity contribution in [2.45, 2.75) is 36.2 Å². The van der Waals surface area contributed by atoms with Gasteiger partial charge in [0.05, 0.1) is 40.4 Å². The van der Waals surface area contributed by atoms with Crippen LogP contribution in [-0.4, -0.2) is 61.3 Å². The Balaban J connectivity index is 0.00000272. The minimum absolute atomic E-state index is 0. The molecule has 1 fully saturated rings. The van der Waals surface area contributed by atoms with E-state index in [0.29, 0.717) is 20.6 Å². The molecule has 0 saturated carbocycles. The first-order valence-corrected chi connectivity index (χ1v) is 12.1. The molecule has 2 aliphatic heterocycles. The Labute approximate surface area is 212 Å². The van der Waals surface area contributed by atoms with Gasteiger partial charge in [0, 0.05) is 17.7 Å². The standard InChI is InChI=1S/C18H20N4O5S3.Na/c1-6-10(13(17(26)27)22-12(6)11(7(2)23)15(22)25)8-4-21-16(30-8)14(20-18(21)28-3)29-5-9(19)24;/h4,6-7,11-12,23H,5H2,1-3H3,(H2,19,24)(H,26,27);/q;+1/p-1/t6-,7+,11+,12+;/m0./s1. The Morgan fingerprint density at radius 1 is 1.45 bits per heavy atom. The van der Waals surface area contributed by atoms with E-state index in [-0.39, 0.29) is 46.9 Å². The maximum absolute atomic E-state index is 12.5. The van der Waals surface area contributed by atoms with E-state index >= 15 is 0 Å². The summed E-state index contributed by atoms with van der Waals surface area (Å²) in [4.78, 5) is 42.9. The molecule has 9 nitrogen and oxygen atoms in total. The van der Waals surface area contributed by atoms with Gasteiger partial charge >= 0.3 is 29.6 Å². The molecule has 160 valence electrons. The number of thioether (sulfide) groups is 2. The number of rotatable bonds is 7. The molecular formula is C18H19N4NaO5S3. The molecule has 0 radical (unpaired) electrons. The number of thiazole rings is 1. The Morgan fingerprint density at radius 2 is 2.13 bits per heavy atom. The average molecular weight is 491 g/mol. The predicted octanol–water partition coefficient (Wildman–Crippen LogP) is -2.98. The third kappa shape index (κ3) is 3.85. The van der Waals surface area contributed by atoms with Crippen LogP contribution < -0.4 is 40.4 Å². The van der Waals surface area contributed by atoms with Crippen molar-refractivity contribution in [2.75, 3.05) is 12.0 Å². The summed E-state index contributed by atoms with van der Waals surface area (Å²) in [6, 6.07) is -0.413. The van der Waals surface area contributed by atoms with E-state index in [4.69, 9.17) is 5.73 Å². The number of hydrogen-bond donors (Lipinski definition) is 2. The van der Waals surface area contributed by atoms with Gasteiger partial charge in [0.2, 0.25) is 11.8 Å². The number of nitrogens with two attached hydrogens (primary N) is 1. The van der Waals surface area contributed by atoms with E-state index in [1.54, 1.807) is 6.20 Å². The van der Waals surface area contributed by atoms with E-state index in [9.17, 15) is 24.6 Å². The van der Waals surface area contributed by atoms with E-state index in [2.05, 4.69) is 4.98 Å². The molecule has 4 rings (SSSR count). The first-order valence-electron chi connectivity index (χ1n) is 9.11. The molecule has 2 aromatic heterocycles. The van der Waals surface area contributed by atoms with Crippen molar-refractivity contribution >= 4 is 63.0 Å². The first kappa shape index (κ1) is 24.6. The van der Waals surface area contributed by atoms with Gasteiger partial charge in [-0.15, -0.1) is 11.3 Å². The molecule has 0 unspecified atom stereocenters. The zero-order valence-corrected chi connectivity index (χ0v) is 21.8. The van der Waals surface area contributed by atoms with Gasteiger partial charge < -0.3 is 25.6 Å². The first-order chi connectivity index (χ1) is 14.2. The maximum atomic E-state index is 12.5. The van der Waals surface area contributed by atoms with Crippen LogP contribution in [0.3, 0.4) is 0 Å². The largest absolute Gasteiger partial charge is 1.00 e. The second kappa shape index (κ2) is 9.08. The molecule has 1 saturated heterocycles. The molecule has 0 bridgehead atoms. The normalized spacial score (nSPS) is 23.5. The summed E-state index contributed by atoms with van der Waals surface area (Å²) in [7, 11) is 0. The van der Waals surface area contributed by atoms with Crippen LogP contribution in [-0.2, 0) is 14.4 Å². The quantitative estimate of drug-likeness (QED) is 0.238. The van der Waals surface area contributed by atoms with Crippen molar-refractivity contribution in [1.29, 1.82) is 0 Å². The van der Waals surface area contributed by atoms with Gasteiger partial charge in [0.1, 0.15) is 9.86 Å². The number of primary amides is 1. The van der Waals surface area contributed by atoms with Gasteiger partial charge in [-0.2, -0.15) is 0 Å². The van der Waals surface area contributed by atoms with Crippen LogP contribution >= 0.6 is 34.9 Å². The summed E-state index contributed by atoms with van der Waals surface area (Å²) in [5.74, 6) is -3.11. The van der Waals surface area contributed by atoms with Crippen molar-refractivity contribution < 1.29 is 54.2 Å². The number of nitrogens with zero attached hydrogens (tertiary/aromatic N) is 3. The fourth-order valence-corrected chi connectivity index (χ4v) is 6.94. The molecule has 2 amide bonds. The number of carbonyl (C=O) groups is 3. The minimum Gasteiger partial charge on any atom is -0.543 e. The second-order valence-electron chi connectivity index (χ2n) is 7.23. The van der Waals surface area contributed by atoms with Gasteiger partial charge in [-0.25, -0.2) is 4.98 Å². The minimum atomic E-state index is -1.42. The molecule has 0 aromatic carbocycles. The van der Waals surface area contributed by atoms with E-state index in [1.807, 2.05) is 17.6 Å². The van der Waals surface area contributed by atoms with Crippen LogP contribution in [0.4, 0.5) is 0 Å². The smallest absolute Gasteiger partial charge is 0.543 e. The number of imidazole rings is 1. The predicted molar refractivity (Wildman–Crippen MR) is 112 cm³/mol. The van der Waals surface area contributed by atoms with E-state index in [0.717, 1.165) is 4.83 Å². The number of aliphatic hydroxyl groups excluding tert-OH is 1. The number of β-lactam (4-membered cyclic amide) rings is 1. The molecule has 0 spiro atoms. The molecule has 2 aromatic rings. The van der Waals surface area contributed by atoms with Crippen molar-refractivity contribution in [3.63, 3.8) is 0 Å². The zero-order valence-electron chi connectivity index (χ0n) is 17.3. The van der Waals surface area contributed by atoms with Crippen molar-refractivity contribution in [3.05, 3.63) is 16.8 Å². The fraction of sp³-hybridized carbons (Fsp3) is 0.444. The summed E-state index contributed by atoms with van der Waals surface area (Å²) in [6.45, 7) is 3.40. The van der Waals surface area contributed by atoms with Crippen LogP contribution in [0.25, 0.3) is 10.4 Å². The summed E-state index contributed by atoms with van der Waals surface area (Å²) in [5.41, 5.74) is 5.63. The van der Waals surface area contributed by atoms with Gasteiger partial charge in [-0.3, -0.25) is 14.0 Å². The van der Waals surface area contributed by atoms with Crippen molar-refractivity contribution in [1.82, 2.24) is 14.3 Å². The number of carbonyl (C=O) groups excluding carboxylic acids is 3. The number of amides is 2. The van der Waals surface area contributed by atoms with Gasteiger partial charge in [0.15, 0.2) is 5.16 Å². The van der Waals surface area contributed by atoms with Crippen LogP contribution in [0, 0.1) is 11.8 Å². The van der Waals surface area contributed by atoms with Gasteiger partial charge in [0.25, 0.3) is 0 Å². The SMILES string of the molecule is CSc1nc(SCC(N)=O)c2sc(C3=C(C(=O)[O-])N4C(=O)[C@H]([C@@H](C)O)[C@H]4[C@H]3C)cn12.[Na+]. The summed E-state index contributed by atoms with van der Waals surface area (Å²) < 4.78 is 1.85. The Hall–Kier alpha value is -1.02. The number of aliphatic carboxylic acids is 1. The molecule has 3 N–H and O–H groups in total. The third-order valence-electron chi connectivity index (χ3n) is 5.42. The van der Waals surface area contributed by atoms with Gasteiger partial charge in [-0.1, -0.05) is 30.4 Å². The number of fused-ring (bicyclic) bond motifs is 2. The Bertz CT molecular complexity index is 1110. The molecule has 4 heterocycles. The average Bonchev–Trinajstić information content (AvgIpc) is 3.28. The van der Waals surface area contributed by atoms with E-state index in [1.165, 1.54) is 46.7 Å². The second-order valence-corrected chi connectivity index (χ2v) is 10.0. The molecule has 4 atom stereocenters. The summed E-state index contributed by atoms with van der Waals surface area (Å²) in [5, 5.41) is 23.3. The molecular weight excluding hydrogens is 471 g/mol. The zero-order chi connectivity index (χ0) is 21.9. The molecule has 31 heavy (non-hydrogen) atoms. The number of aliphatic hydroxyl groups is 1. The summed E-state index contributed by atoms with van der Waals surface area (Å²) in [6.07, 6.45) is 2.80. The monoisotopic (exact) mass is 490 g/mol. The Morgan fingerprint density at radius 3 is 2.68 bits per heavy atom. The molecule has 13 heteroatoms. The summed E-state index contributed by atoms with van der Waals surface area (Å²) >= 11 is 3.99. The maximum Gasteiger partial charge on any atom is 1.00 e. The van der Waals surface area contributed by atoms with Gasteiger partial charge in [-0.05, 0) is 13.2 Å². The van der Waals surface area contributed by atoms with Crippen LogP contribution in [0.5, 0.6) is 0 Å². The molecule has 0 aliphatic carbocycles. The fourth-order valence-electron chi connectivity index (χ4n) is 4.22. The number of aromatic nitrogens is 2. The third-order valence-corrected chi connectivity index (χ3v) is 8.32. The number of carboxylic acids is 1.